The molecule has 1 aromatic carbocycles. The van der Waals surface area contributed by atoms with Crippen LogP contribution in [0.2, 0.25) is 5.02 Å². The van der Waals surface area contributed by atoms with E-state index in [0.717, 1.165) is 25.3 Å². The number of non-ortho nitro benzene ring substituents is 1. The smallest absolute Gasteiger partial charge is 0.320 e. The van der Waals surface area contributed by atoms with Crippen LogP contribution in [0.3, 0.4) is 0 Å². The molecule has 0 saturated carbocycles. The SMILES string of the molecule is COC(=O)CNS(=O)(=O)c1cc([N+](=O)[O-])ccc1Cl. The number of carbonyl (C=O) groups excluding carboxylic acids is 1. The molecule has 8 nitrogen and oxygen atoms in total. The van der Waals surface area contributed by atoms with Crippen LogP contribution in [0.25, 0.3) is 0 Å². The van der Waals surface area contributed by atoms with Crippen LogP contribution in [0.4, 0.5) is 5.69 Å². The Morgan fingerprint density at radius 3 is 2.68 bits per heavy atom. The maximum Gasteiger partial charge on any atom is 0.320 e. The summed E-state index contributed by atoms with van der Waals surface area (Å²) in [5.41, 5.74) is -0.428. The number of nitro groups is 1. The van der Waals surface area contributed by atoms with E-state index in [1.807, 2.05) is 4.72 Å². The zero-order valence-corrected chi connectivity index (χ0v) is 11.2. The summed E-state index contributed by atoms with van der Waals surface area (Å²) in [6, 6.07) is 2.97. The van der Waals surface area contributed by atoms with Gasteiger partial charge in [0.15, 0.2) is 0 Å². The highest BCUT2D eigenvalue weighted by molar-refractivity contribution is 7.89. The Morgan fingerprint density at radius 1 is 1.53 bits per heavy atom. The van der Waals surface area contributed by atoms with Crippen LogP contribution in [-0.2, 0) is 19.6 Å². The van der Waals surface area contributed by atoms with Gasteiger partial charge in [0.05, 0.1) is 17.1 Å². The lowest BCUT2D eigenvalue weighted by atomic mass is 10.3. The number of benzene rings is 1. The number of nitro benzene ring substituents is 1. The second-order valence-electron chi connectivity index (χ2n) is 3.27. The number of nitrogens with zero attached hydrogens (tertiary/aromatic N) is 1. The van der Waals surface area contributed by atoms with E-state index in [4.69, 9.17) is 11.6 Å². The number of rotatable bonds is 5. The molecule has 19 heavy (non-hydrogen) atoms. The van der Waals surface area contributed by atoms with Crippen LogP contribution >= 0.6 is 11.6 Å². The Balaban J connectivity index is 3.10. The fourth-order valence-corrected chi connectivity index (χ4v) is 2.60. The molecule has 0 spiro atoms. The fraction of sp³-hybridized carbons (Fsp3) is 0.222. The highest BCUT2D eigenvalue weighted by Gasteiger charge is 2.22. The van der Waals surface area contributed by atoms with Crippen LogP contribution < -0.4 is 4.72 Å². The fourth-order valence-electron chi connectivity index (χ4n) is 1.12. The topological polar surface area (TPSA) is 116 Å². The third kappa shape index (κ3) is 3.88. The van der Waals surface area contributed by atoms with Crippen LogP contribution in [0.5, 0.6) is 0 Å². The molecular formula is C9H9ClN2O6S. The Labute approximate surface area is 113 Å². The number of methoxy groups -OCH3 is 1. The van der Waals surface area contributed by atoms with Gasteiger partial charge >= 0.3 is 5.97 Å². The van der Waals surface area contributed by atoms with E-state index >= 15 is 0 Å². The molecule has 1 aromatic rings. The summed E-state index contributed by atoms with van der Waals surface area (Å²) in [6.45, 7) is -0.599. The molecule has 0 unspecified atom stereocenters. The number of hydrogen-bond acceptors (Lipinski definition) is 6. The Kier molecular flexibility index (Phi) is 4.81. The molecule has 104 valence electrons. The molecule has 0 fully saturated rings. The zero-order valence-electron chi connectivity index (χ0n) is 9.62. The Bertz CT molecular complexity index is 615. The minimum absolute atomic E-state index is 0.192. The van der Waals surface area contributed by atoms with Gasteiger partial charge in [-0.2, -0.15) is 4.72 Å². The van der Waals surface area contributed by atoms with Crippen LogP contribution in [-0.4, -0.2) is 33.0 Å². The third-order valence-electron chi connectivity index (χ3n) is 2.05. The third-order valence-corrected chi connectivity index (χ3v) is 3.93. The molecule has 0 amide bonds. The molecule has 0 heterocycles. The highest BCUT2D eigenvalue weighted by atomic mass is 35.5. The molecule has 0 aliphatic carbocycles. The van der Waals surface area contributed by atoms with E-state index in [-0.39, 0.29) is 5.02 Å². The molecule has 0 aromatic heterocycles. The first-order chi connectivity index (χ1) is 8.77. The summed E-state index contributed by atoms with van der Waals surface area (Å²) in [5.74, 6) is -0.801. The monoisotopic (exact) mass is 308 g/mol. The quantitative estimate of drug-likeness (QED) is 0.486. The summed E-state index contributed by atoms with van der Waals surface area (Å²) in [7, 11) is -3.05. The van der Waals surface area contributed by atoms with Crippen LogP contribution in [0.1, 0.15) is 0 Å². The maximum absolute atomic E-state index is 11.8. The van der Waals surface area contributed by atoms with Gasteiger partial charge < -0.3 is 4.74 Å². The van der Waals surface area contributed by atoms with Crippen molar-refractivity contribution in [3.8, 4) is 0 Å². The number of esters is 1. The number of hydrogen-bond donors (Lipinski definition) is 1. The van der Waals surface area contributed by atoms with Crippen molar-refractivity contribution < 1.29 is 22.9 Å². The van der Waals surface area contributed by atoms with Crippen molar-refractivity contribution in [1.29, 1.82) is 0 Å². The van der Waals surface area contributed by atoms with E-state index < -0.39 is 38.0 Å². The predicted octanol–water partition coefficient (Wildman–Crippen LogP) is 0.699. The number of halogens is 1. The predicted molar refractivity (Wildman–Crippen MR) is 65.3 cm³/mol. The standard InChI is InChI=1S/C9H9ClN2O6S/c1-18-9(13)5-11-19(16,17)8-4-6(12(14)15)2-3-7(8)10/h2-4,11H,5H2,1H3. The first-order valence-corrected chi connectivity index (χ1v) is 6.64. The molecule has 0 aliphatic rings. The van der Waals surface area contributed by atoms with Gasteiger partial charge in [-0.25, -0.2) is 8.42 Å². The average Bonchev–Trinajstić information content (AvgIpc) is 2.36. The largest absolute Gasteiger partial charge is 0.468 e. The highest BCUT2D eigenvalue weighted by Crippen LogP contribution is 2.25. The molecule has 0 aliphatic heterocycles. The zero-order chi connectivity index (χ0) is 14.6. The van der Waals surface area contributed by atoms with Gasteiger partial charge in [-0.1, -0.05) is 11.6 Å². The van der Waals surface area contributed by atoms with Crippen molar-refractivity contribution >= 4 is 33.3 Å². The summed E-state index contributed by atoms with van der Waals surface area (Å²) in [6.07, 6.45) is 0. The van der Waals surface area contributed by atoms with Crippen molar-refractivity contribution in [1.82, 2.24) is 4.72 Å². The van der Waals surface area contributed by atoms with Crippen LogP contribution in [0, 0.1) is 10.1 Å². The summed E-state index contributed by atoms with van der Waals surface area (Å²) < 4.78 is 29.8. The number of sulfonamides is 1. The Hall–Kier alpha value is -1.71. The lowest BCUT2D eigenvalue weighted by Gasteiger charge is -2.07. The van der Waals surface area contributed by atoms with Crippen LogP contribution in [0.15, 0.2) is 23.1 Å². The van der Waals surface area contributed by atoms with Gasteiger partial charge in [0.2, 0.25) is 10.0 Å². The number of carbonyl (C=O) groups is 1. The van der Waals surface area contributed by atoms with Crippen molar-refractivity contribution in [2.75, 3.05) is 13.7 Å². The second-order valence-corrected chi connectivity index (χ2v) is 5.42. The van der Waals surface area contributed by atoms with Gasteiger partial charge in [-0.15, -0.1) is 0 Å². The molecule has 10 heteroatoms. The normalized spacial score (nSPS) is 11.1. The van der Waals surface area contributed by atoms with E-state index in [9.17, 15) is 23.3 Å². The first kappa shape index (κ1) is 15.3. The summed E-state index contributed by atoms with van der Waals surface area (Å²) in [4.78, 5) is 20.2. The van der Waals surface area contributed by atoms with Crippen molar-refractivity contribution in [3.05, 3.63) is 33.3 Å². The van der Waals surface area contributed by atoms with E-state index in [1.165, 1.54) is 0 Å². The lowest BCUT2D eigenvalue weighted by Crippen LogP contribution is -2.30. The van der Waals surface area contributed by atoms with Gasteiger partial charge in [0.25, 0.3) is 5.69 Å². The second kappa shape index (κ2) is 5.95. The Morgan fingerprint density at radius 2 is 2.16 bits per heavy atom. The minimum Gasteiger partial charge on any atom is -0.468 e. The molecule has 0 saturated heterocycles. The molecule has 0 atom stereocenters. The van der Waals surface area contributed by atoms with E-state index in [1.54, 1.807) is 0 Å². The molecule has 1 N–H and O–H groups in total. The summed E-state index contributed by atoms with van der Waals surface area (Å²) in [5, 5.41) is 10.4. The van der Waals surface area contributed by atoms with Gasteiger partial charge in [0, 0.05) is 12.1 Å². The molecule has 1 rings (SSSR count). The average molecular weight is 309 g/mol. The number of nitrogens with one attached hydrogen (secondary N) is 1. The molecule has 0 radical (unpaired) electrons. The number of ether oxygens (including phenoxy) is 1. The van der Waals surface area contributed by atoms with E-state index in [2.05, 4.69) is 4.74 Å². The van der Waals surface area contributed by atoms with Crippen molar-refractivity contribution in [3.63, 3.8) is 0 Å². The lowest BCUT2D eigenvalue weighted by molar-refractivity contribution is -0.385. The van der Waals surface area contributed by atoms with Crippen molar-refractivity contribution in [2.24, 2.45) is 0 Å². The summed E-state index contributed by atoms with van der Waals surface area (Å²) >= 11 is 5.68. The van der Waals surface area contributed by atoms with Gasteiger partial charge in [0.1, 0.15) is 11.4 Å². The maximum atomic E-state index is 11.8. The first-order valence-electron chi connectivity index (χ1n) is 4.78. The molecule has 0 bridgehead atoms. The van der Waals surface area contributed by atoms with Crippen molar-refractivity contribution in [2.45, 2.75) is 4.90 Å². The van der Waals surface area contributed by atoms with E-state index in [0.29, 0.717) is 0 Å². The molecular weight excluding hydrogens is 300 g/mol. The van der Waals surface area contributed by atoms with Gasteiger partial charge in [-0.05, 0) is 6.07 Å². The minimum atomic E-state index is -4.14. The van der Waals surface area contributed by atoms with Gasteiger partial charge in [-0.3, -0.25) is 14.9 Å².